The Morgan fingerprint density at radius 3 is 2.46 bits per heavy atom. The zero-order valence-electron chi connectivity index (χ0n) is 15.5. The Hall–Kier alpha value is -2.36. The molecule has 3 rings (SSSR count). The smallest absolute Gasteiger partial charge is 0.272 e. The first-order chi connectivity index (χ1) is 13.3. The van der Waals surface area contributed by atoms with Crippen LogP contribution in [0.1, 0.15) is 17.5 Å². The van der Waals surface area contributed by atoms with Crippen molar-refractivity contribution in [2.24, 2.45) is 0 Å². The fourth-order valence-electron chi connectivity index (χ4n) is 3.38. The lowest BCUT2D eigenvalue weighted by molar-refractivity contribution is -0.385. The molecule has 28 heavy (non-hydrogen) atoms. The van der Waals surface area contributed by atoms with E-state index in [0.717, 1.165) is 17.7 Å². The van der Waals surface area contributed by atoms with Gasteiger partial charge in [-0.05, 0) is 49.7 Å². The van der Waals surface area contributed by atoms with E-state index in [1.165, 1.54) is 22.5 Å². The van der Waals surface area contributed by atoms with Crippen LogP contribution in [0.25, 0.3) is 0 Å². The zero-order valence-corrected chi connectivity index (χ0v) is 16.4. The summed E-state index contributed by atoms with van der Waals surface area (Å²) in [7, 11) is -3.67. The van der Waals surface area contributed by atoms with Crippen LogP contribution in [0.15, 0.2) is 47.4 Å². The Balaban J connectivity index is 1.71. The lowest BCUT2D eigenvalue weighted by Gasteiger charge is -2.22. The number of halogens is 1. The van der Waals surface area contributed by atoms with E-state index < -0.39 is 20.8 Å². The van der Waals surface area contributed by atoms with Crippen LogP contribution in [0.2, 0.25) is 0 Å². The molecule has 0 saturated carbocycles. The molecule has 0 amide bonds. The van der Waals surface area contributed by atoms with Crippen LogP contribution in [-0.2, 0) is 16.6 Å². The molecular weight excluding hydrogens is 385 g/mol. The van der Waals surface area contributed by atoms with Gasteiger partial charge < -0.3 is 0 Å². The summed E-state index contributed by atoms with van der Waals surface area (Å²) in [5, 5.41) is 11.1. The van der Waals surface area contributed by atoms with Gasteiger partial charge in [-0.15, -0.1) is 0 Å². The SMILES string of the molecule is Cc1c(CN2CCCN(S(=O)(=O)c3ccc(F)cc3)CC2)cccc1[N+](=O)[O-]. The summed E-state index contributed by atoms with van der Waals surface area (Å²) in [6, 6.07) is 9.85. The molecule has 0 unspecified atom stereocenters. The number of nitro benzene ring substituents is 1. The largest absolute Gasteiger partial charge is 0.298 e. The summed E-state index contributed by atoms with van der Waals surface area (Å²) in [6.07, 6.45) is 0.647. The molecule has 0 atom stereocenters. The third kappa shape index (κ3) is 4.37. The molecule has 1 aliphatic rings. The molecule has 150 valence electrons. The maximum absolute atomic E-state index is 13.1. The van der Waals surface area contributed by atoms with Crippen molar-refractivity contribution < 1.29 is 17.7 Å². The Morgan fingerprint density at radius 2 is 1.79 bits per heavy atom. The van der Waals surface area contributed by atoms with Gasteiger partial charge in [0.25, 0.3) is 5.69 Å². The van der Waals surface area contributed by atoms with Gasteiger partial charge in [0.05, 0.1) is 9.82 Å². The average Bonchev–Trinajstić information content (AvgIpc) is 2.90. The van der Waals surface area contributed by atoms with Crippen LogP contribution in [-0.4, -0.2) is 48.7 Å². The molecule has 0 N–H and O–H groups in total. The van der Waals surface area contributed by atoms with Gasteiger partial charge in [0.1, 0.15) is 5.82 Å². The van der Waals surface area contributed by atoms with Gasteiger partial charge in [-0.2, -0.15) is 4.31 Å². The Labute approximate surface area is 163 Å². The summed E-state index contributed by atoms with van der Waals surface area (Å²) in [5.74, 6) is -0.478. The minimum absolute atomic E-state index is 0.0804. The molecule has 9 heteroatoms. The molecule has 2 aromatic rings. The van der Waals surface area contributed by atoms with Gasteiger partial charge >= 0.3 is 0 Å². The van der Waals surface area contributed by atoms with Gasteiger partial charge in [-0.1, -0.05) is 12.1 Å². The van der Waals surface area contributed by atoms with Crippen molar-refractivity contribution in [3.8, 4) is 0 Å². The number of rotatable bonds is 5. The quantitative estimate of drug-likeness (QED) is 0.562. The Kier molecular flexibility index (Phi) is 6.07. The highest BCUT2D eigenvalue weighted by Gasteiger charge is 2.27. The monoisotopic (exact) mass is 407 g/mol. The molecule has 7 nitrogen and oxygen atoms in total. The van der Waals surface area contributed by atoms with Crippen LogP contribution >= 0.6 is 0 Å². The lowest BCUT2D eigenvalue weighted by Crippen LogP contribution is -2.35. The summed E-state index contributed by atoms with van der Waals surface area (Å²) >= 11 is 0. The predicted octanol–water partition coefficient (Wildman–Crippen LogP) is 2.94. The molecule has 0 aromatic heterocycles. The van der Waals surface area contributed by atoms with E-state index in [0.29, 0.717) is 44.7 Å². The normalized spacial score (nSPS) is 16.6. The summed E-state index contributed by atoms with van der Waals surface area (Å²) in [4.78, 5) is 12.9. The maximum atomic E-state index is 13.1. The van der Waals surface area contributed by atoms with Crippen molar-refractivity contribution in [1.82, 2.24) is 9.21 Å². The highest BCUT2D eigenvalue weighted by atomic mass is 32.2. The molecule has 0 spiro atoms. The number of nitro groups is 1. The van der Waals surface area contributed by atoms with E-state index in [2.05, 4.69) is 4.90 Å². The second kappa shape index (κ2) is 8.34. The van der Waals surface area contributed by atoms with Crippen molar-refractivity contribution >= 4 is 15.7 Å². The number of nitrogens with zero attached hydrogens (tertiary/aromatic N) is 3. The van der Waals surface area contributed by atoms with Crippen LogP contribution in [0.3, 0.4) is 0 Å². The van der Waals surface area contributed by atoms with Crippen LogP contribution < -0.4 is 0 Å². The summed E-state index contributed by atoms with van der Waals surface area (Å²) in [6.45, 7) is 4.16. The fraction of sp³-hybridized carbons (Fsp3) is 0.368. The molecule has 1 heterocycles. The van der Waals surface area contributed by atoms with Gasteiger partial charge in [-0.3, -0.25) is 15.0 Å². The predicted molar refractivity (Wildman–Crippen MR) is 103 cm³/mol. The standard InChI is InChI=1S/C19H22FN3O4S/c1-15-16(4-2-5-19(15)23(24)25)14-21-10-3-11-22(13-12-21)28(26,27)18-8-6-17(20)7-9-18/h2,4-9H,3,10-14H2,1H3. The van der Waals surface area contributed by atoms with E-state index in [-0.39, 0.29) is 10.6 Å². The zero-order chi connectivity index (χ0) is 20.3. The van der Waals surface area contributed by atoms with E-state index in [4.69, 9.17) is 0 Å². The second-order valence-electron chi connectivity index (χ2n) is 6.81. The van der Waals surface area contributed by atoms with Crippen LogP contribution in [0, 0.1) is 22.9 Å². The third-order valence-corrected chi connectivity index (χ3v) is 6.92. The van der Waals surface area contributed by atoms with E-state index in [1.54, 1.807) is 13.0 Å². The number of hydrogen-bond donors (Lipinski definition) is 0. The summed E-state index contributed by atoms with van der Waals surface area (Å²) < 4.78 is 40.1. The van der Waals surface area contributed by atoms with Crippen molar-refractivity contribution in [2.75, 3.05) is 26.2 Å². The lowest BCUT2D eigenvalue weighted by atomic mass is 10.1. The van der Waals surface area contributed by atoms with E-state index in [1.807, 2.05) is 6.07 Å². The maximum Gasteiger partial charge on any atom is 0.272 e. The molecule has 1 aliphatic heterocycles. The molecule has 0 aliphatic carbocycles. The van der Waals surface area contributed by atoms with Gasteiger partial charge in [0, 0.05) is 37.8 Å². The average molecular weight is 407 g/mol. The van der Waals surface area contributed by atoms with Crippen LogP contribution in [0.5, 0.6) is 0 Å². The topological polar surface area (TPSA) is 83.8 Å². The molecule has 1 saturated heterocycles. The van der Waals surface area contributed by atoms with Crippen molar-refractivity contribution in [3.05, 3.63) is 69.5 Å². The molecule has 1 fully saturated rings. The number of sulfonamides is 1. The number of benzene rings is 2. The van der Waals surface area contributed by atoms with Crippen LogP contribution in [0.4, 0.5) is 10.1 Å². The first-order valence-corrected chi connectivity index (χ1v) is 10.4. The molecule has 2 aromatic carbocycles. The second-order valence-corrected chi connectivity index (χ2v) is 8.74. The first kappa shape index (κ1) is 20.4. The molecule has 0 radical (unpaired) electrons. The van der Waals surface area contributed by atoms with E-state index >= 15 is 0 Å². The highest BCUT2D eigenvalue weighted by molar-refractivity contribution is 7.89. The Bertz CT molecular complexity index is 964. The van der Waals surface area contributed by atoms with Crippen molar-refractivity contribution in [3.63, 3.8) is 0 Å². The molecular formula is C19H22FN3O4S. The third-order valence-electron chi connectivity index (χ3n) is 5.01. The van der Waals surface area contributed by atoms with Gasteiger partial charge in [0.2, 0.25) is 10.0 Å². The first-order valence-electron chi connectivity index (χ1n) is 9.00. The van der Waals surface area contributed by atoms with E-state index in [9.17, 15) is 22.9 Å². The molecule has 0 bridgehead atoms. The van der Waals surface area contributed by atoms with Crippen molar-refractivity contribution in [2.45, 2.75) is 24.8 Å². The highest BCUT2D eigenvalue weighted by Crippen LogP contribution is 2.23. The number of hydrogen-bond acceptors (Lipinski definition) is 5. The Morgan fingerprint density at radius 1 is 1.07 bits per heavy atom. The minimum atomic E-state index is -3.67. The van der Waals surface area contributed by atoms with Crippen molar-refractivity contribution in [1.29, 1.82) is 0 Å². The van der Waals surface area contributed by atoms with Gasteiger partial charge in [0.15, 0.2) is 0 Å². The van der Waals surface area contributed by atoms with Gasteiger partial charge in [-0.25, -0.2) is 12.8 Å². The fourth-order valence-corrected chi connectivity index (χ4v) is 4.85. The summed E-state index contributed by atoms with van der Waals surface area (Å²) in [5.41, 5.74) is 1.59. The minimum Gasteiger partial charge on any atom is -0.298 e.